The molecule has 0 aliphatic carbocycles. The molecule has 0 radical (unpaired) electrons. The molecule has 2 aromatic rings. The predicted octanol–water partition coefficient (Wildman–Crippen LogP) is 2.76. The molecule has 5 heteroatoms. The molecule has 1 amide bonds. The molecule has 2 rings (SSSR count). The van der Waals surface area contributed by atoms with Gasteiger partial charge in [0.1, 0.15) is 5.82 Å². The zero-order chi connectivity index (χ0) is 15.4. The van der Waals surface area contributed by atoms with Crippen molar-refractivity contribution in [2.75, 3.05) is 0 Å². The fraction of sp³-hybridized carbons (Fsp3) is 0.250. The van der Waals surface area contributed by atoms with Crippen molar-refractivity contribution < 1.29 is 9.18 Å². The second kappa shape index (κ2) is 6.35. The SMILES string of the molecule is Cc1nn(C)cc1C(C)NC(=O)/C=C/c1ccc(F)cc1. The van der Waals surface area contributed by atoms with Crippen LogP contribution in [-0.2, 0) is 11.8 Å². The van der Waals surface area contributed by atoms with Gasteiger partial charge >= 0.3 is 0 Å². The lowest BCUT2D eigenvalue weighted by Crippen LogP contribution is -2.24. The maximum Gasteiger partial charge on any atom is 0.244 e. The molecule has 0 saturated carbocycles. The van der Waals surface area contributed by atoms with E-state index in [9.17, 15) is 9.18 Å². The molecule has 0 fully saturated rings. The van der Waals surface area contributed by atoms with Gasteiger partial charge in [0.05, 0.1) is 11.7 Å². The number of aryl methyl sites for hydroxylation is 2. The molecule has 1 heterocycles. The topological polar surface area (TPSA) is 46.9 Å². The number of carbonyl (C=O) groups excluding carboxylic acids is 1. The Morgan fingerprint density at radius 1 is 1.38 bits per heavy atom. The summed E-state index contributed by atoms with van der Waals surface area (Å²) in [6, 6.07) is 5.84. The van der Waals surface area contributed by atoms with E-state index < -0.39 is 0 Å². The van der Waals surface area contributed by atoms with Gasteiger partial charge in [-0.3, -0.25) is 9.48 Å². The van der Waals surface area contributed by atoms with Gasteiger partial charge in [0.15, 0.2) is 0 Å². The van der Waals surface area contributed by atoms with E-state index in [0.29, 0.717) is 0 Å². The molecule has 0 bridgehead atoms. The number of halogens is 1. The van der Waals surface area contributed by atoms with Gasteiger partial charge in [0.25, 0.3) is 0 Å². The van der Waals surface area contributed by atoms with Gasteiger partial charge in [-0.25, -0.2) is 4.39 Å². The van der Waals surface area contributed by atoms with E-state index in [-0.39, 0.29) is 17.8 Å². The normalized spacial score (nSPS) is 12.6. The molecule has 1 aromatic heterocycles. The Kier molecular flexibility index (Phi) is 4.52. The first kappa shape index (κ1) is 15.0. The molecule has 1 unspecified atom stereocenters. The number of hydrogen-bond acceptors (Lipinski definition) is 2. The summed E-state index contributed by atoms with van der Waals surface area (Å²) in [5, 5.41) is 7.13. The van der Waals surface area contributed by atoms with Gasteiger partial charge in [-0.1, -0.05) is 12.1 Å². The molecule has 110 valence electrons. The van der Waals surface area contributed by atoms with Crippen LogP contribution in [-0.4, -0.2) is 15.7 Å². The third-order valence-electron chi connectivity index (χ3n) is 3.17. The largest absolute Gasteiger partial charge is 0.346 e. The summed E-state index contributed by atoms with van der Waals surface area (Å²) >= 11 is 0. The molecule has 21 heavy (non-hydrogen) atoms. The Hall–Kier alpha value is -2.43. The number of carbonyl (C=O) groups is 1. The van der Waals surface area contributed by atoms with Gasteiger partial charge in [0.2, 0.25) is 5.91 Å². The summed E-state index contributed by atoms with van der Waals surface area (Å²) < 4.78 is 14.5. The summed E-state index contributed by atoms with van der Waals surface area (Å²) in [5.74, 6) is -0.493. The Morgan fingerprint density at radius 3 is 2.62 bits per heavy atom. The molecule has 1 atom stereocenters. The predicted molar refractivity (Wildman–Crippen MR) is 79.9 cm³/mol. The van der Waals surface area contributed by atoms with Crippen LogP contribution in [0.25, 0.3) is 6.08 Å². The van der Waals surface area contributed by atoms with E-state index in [1.165, 1.54) is 18.2 Å². The third kappa shape index (κ3) is 4.02. The van der Waals surface area contributed by atoms with Crippen molar-refractivity contribution in [3.05, 3.63) is 59.2 Å². The standard InChI is InChI=1S/C16H18FN3O/c1-11(15-10-20(3)19-12(15)2)18-16(21)9-6-13-4-7-14(17)8-5-13/h4-11H,1-3H3,(H,18,21)/b9-6+. The lowest BCUT2D eigenvalue weighted by Gasteiger charge is -2.11. The second-order valence-electron chi connectivity index (χ2n) is 4.96. The van der Waals surface area contributed by atoms with Crippen molar-refractivity contribution in [2.24, 2.45) is 7.05 Å². The molecule has 0 aliphatic heterocycles. The van der Waals surface area contributed by atoms with Crippen LogP contribution in [0.1, 0.15) is 29.8 Å². The third-order valence-corrected chi connectivity index (χ3v) is 3.17. The highest BCUT2D eigenvalue weighted by atomic mass is 19.1. The summed E-state index contributed by atoms with van der Waals surface area (Å²) in [5.41, 5.74) is 2.66. The minimum atomic E-state index is -0.294. The van der Waals surface area contributed by atoms with Crippen LogP contribution in [0.2, 0.25) is 0 Å². The maximum atomic E-state index is 12.8. The Labute approximate surface area is 123 Å². The van der Waals surface area contributed by atoms with Gasteiger partial charge in [0, 0.05) is 24.9 Å². The number of nitrogens with one attached hydrogen (secondary N) is 1. The highest BCUT2D eigenvalue weighted by Crippen LogP contribution is 2.15. The van der Waals surface area contributed by atoms with Crippen LogP contribution in [0.3, 0.4) is 0 Å². The Bertz CT molecular complexity index is 659. The molecular weight excluding hydrogens is 269 g/mol. The fourth-order valence-electron chi connectivity index (χ4n) is 2.13. The second-order valence-corrected chi connectivity index (χ2v) is 4.96. The van der Waals surface area contributed by atoms with Crippen LogP contribution in [0.5, 0.6) is 0 Å². The number of hydrogen-bond donors (Lipinski definition) is 1. The van der Waals surface area contributed by atoms with Crippen LogP contribution in [0.15, 0.2) is 36.5 Å². The lowest BCUT2D eigenvalue weighted by molar-refractivity contribution is -0.117. The molecule has 0 saturated heterocycles. The number of benzene rings is 1. The average Bonchev–Trinajstić information content (AvgIpc) is 2.77. The molecule has 4 nitrogen and oxygen atoms in total. The zero-order valence-electron chi connectivity index (χ0n) is 12.3. The monoisotopic (exact) mass is 287 g/mol. The van der Waals surface area contributed by atoms with Crippen molar-refractivity contribution in [3.8, 4) is 0 Å². The Morgan fingerprint density at radius 2 is 2.05 bits per heavy atom. The van der Waals surface area contributed by atoms with Crippen LogP contribution in [0, 0.1) is 12.7 Å². The molecule has 1 aromatic carbocycles. The molecule has 1 N–H and O–H groups in total. The first-order valence-corrected chi connectivity index (χ1v) is 6.70. The highest BCUT2D eigenvalue weighted by Gasteiger charge is 2.12. The summed E-state index contributed by atoms with van der Waals surface area (Å²) in [6.07, 6.45) is 4.98. The van der Waals surface area contributed by atoms with E-state index in [1.807, 2.05) is 27.1 Å². The van der Waals surface area contributed by atoms with Crippen LogP contribution >= 0.6 is 0 Å². The van der Waals surface area contributed by atoms with Gasteiger partial charge in [-0.15, -0.1) is 0 Å². The van der Waals surface area contributed by atoms with E-state index in [1.54, 1.807) is 22.9 Å². The minimum absolute atomic E-state index is 0.121. The van der Waals surface area contributed by atoms with E-state index in [2.05, 4.69) is 10.4 Å². The lowest BCUT2D eigenvalue weighted by atomic mass is 10.1. The molecule has 0 aliphatic rings. The van der Waals surface area contributed by atoms with Crippen molar-refractivity contribution in [1.29, 1.82) is 0 Å². The summed E-state index contributed by atoms with van der Waals surface area (Å²) in [4.78, 5) is 11.9. The Balaban J connectivity index is 1.98. The van der Waals surface area contributed by atoms with Crippen LogP contribution in [0.4, 0.5) is 4.39 Å². The quantitative estimate of drug-likeness (QED) is 0.879. The highest BCUT2D eigenvalue weighted by molar-refractivity contribution is 5.91. The number of amides is 1. The smallest absolute Gasteiger partial charge is 0.244 e. The van der Waals surface area contributed by atoms with Crippen molar-refractivity contribution in [1.82, 2.24) is 15.1 Å². The van der Waals surface area contributed by atoms with E-state index in [4.69, 9.17) is 0 Å². The first-order valence-electron chi connectivity index (χ1n) is 6.70. The van der Waals surface area contributed by atoms with Crippen molar-refractivity contribution in [3.63, 3.8) is 0 Å². The first-order chi connectivity index (χ1) is 9.95. The van der Waals surface area contributed by atoms with E-state index >= 15 is 0 Å². The fourth-order valence-corrected chi connectivity index (χ4v) is 2.13. The number of nitrogens with zero attached hydrogens (tertiary/aromatic N) is 2. The molecular formula is C16H18FN3O. The minimum Gasteiger partial charge on any atom is -0.346 e. The van der Waals surface area contributed by atoms with E-state index in [0.717, 1.165) is 16.8 Å². The van der Waals surface area contributed by atoms with Crippen LogP contribution < -0.4 is 5.32 Å². The van der Waals surface area contributed by atoms with Gasteiger partial charge in [-0.2, -0.15) is 5.10 Å². The van der Waals surface area contributed by atoms with Gasteiger partial charge in [-0.05, 0) is 37.6 Å². The van der Waals surface area contributed by atoms with Crippen molar-refractivity contribution >= 4 is 12.0 Å². The zero-order valence-corrected chi connectivity index (χ0v) is 12.3. The van der Waals surface area contributed by atoms with Crippen molar-refractivity contribution in [2.45, 2.75) is 19.9 Å². The average molecular weight is 287 g/mol. The summed E-state index contributed by atoms with van der Waals surface area (Å²) in [7, 11) is 1.85. The molecule has 0 spiro atoms. The number of rotatable bonds is 4. The summed E-state index contributed by atoms with van der Waals surface area (Å²) in [6.45, 7) is 3.82. The maximum absolute atomic E-state index is 12.8. The number of aromatic nitrogens is 2. The van der Waals surface area contributed by atoms with Gasteiger partial charge < -0.3 is 5.32 Å².